The molecule has 6 aromatic rings. The van der Waals surface area contributed by atoms with Gasteiger partial charge in [-0.25, -0.2) is 15.0 Å². The van der Waals surface area contributed by atoms with Gasteiger partial charge >= 0.3 is 0 Å². The molecule has 0 bridgehead atoms. The molecular formula is C37H30N4S. The smallest absolute Gasteiger partial charge is 0.174 e. The van der Waals surface area contributed by atoms with Crippen molar-refractivity contribution in [2.75, 3.05) is 4.90 Å². The highest BCUT2D eigenvalue weighted by atomic mass is 32.1. The van der Waals surface area contributed by atoms with Crippen LogP contribution >= 0.6 is 11.3 Å². The van der Waals surface area contributed by atoms with Gasteiger partial charge in [-0.1, -0.05) is 125 Å². The molecular weight excluding hydrogens is 533 g/mol. The van der Waals surface area contributed by atoms with Gasteiger partial charge in [0.25, 0.3) is 0 Å². The lowest BCUT2D eigenvalue weighted by Crippen LogP contribution is -2.37. The molecule has 4 aromatic carbocycles. The Kier molecular flexibility index (Phi) is 5.35. The predicted molar refractivity (Wildman–Crippen MR) is 173 cm³/mol. The maximum atomic E-state index is 5.06. The highest BCUT2D eigenvalue weighted by molar-refractivity contribution is 7.16. The van der Waals surface area contributed by atoms with Crippen LogP contribution in [0.3, 0.4) is 0 Å². The number of rotatable bonds is 3. The zero-order valence-electron chi connectivity index (χ0n) is 24.1. The highest BCUT2D eigenvalue weighted by Crippen LogP contribution is 2.61. The zero-order valence-corrected chi connectivity index (χ0v) is 24.9. The third-order valence-corrected chi connectivity index (χ3v) is 10.3. The average Bonchev–Trinajstić information content (AvgIpc) is 3.48. The van der Waals surface area contributed by atoms with Crippen LogP contribution in [0.5, 0.6) is 0 Å². The quantitative estimate of drug-likeness (QED) is 0.215. The van der Waals surface area contributed by atoms with Crippen molar-refractivity contribution in [1.82, 2.24) is 15.0 Å². The topological polar surface area (TPSA) is 41.9 Å². The second-order valence-electron chi connectivity index (χ2n) is 12.2. The van der Waals surface area contributed by atoms with Gasteiger partial charge < -0.3 is 4.90 Å². The Balaban J connectivity index is 1.37. The lowest BCUT2D eigenvalue weighted by molar-refractivity contribution is 0.604. The molecule has 0 saturated heterocycles. The molecule has 8 rings (SSSR count). The van der Waals surface area contributed by atoms with Crippen molar-refractivity contribution in [2.45, 2.75) is 38.5 Å². The molecule has 0 aliphatic carbocycles. The molecule has 0 N–H and O–H groups in total. The third kappa shape index (κ3) is 3.56. The molecule has 0 saturated carbocycles. The highest BCUT2D eigenvalue weighted by Gasteiger charge is 2.46. The molecule has 42 heavy (non-hydrogen) atoms. The molecule has 5 heteroatoms. The number of anilines is 3. The van der Waals surface area contributed by atoms with E-state index in [0.717, 1.165) is 16.0 Å². The summed E-state index contributed by atoms with van der Waals surface area (Å²) in [6.07, 6.45) is 0. The van der Waals surface area contributed by atoms with Crippen LogP contribution in [-0.2, 0) is 10.8 Å². The summed E-state index contributed by atoms with van der Waals surface area (Å²) in [7, 11) is 0. The van der Waals surface area contributed by atoms with Crippen molar-refractivity contribution in [1.29, 1.82) is 0 Å². The Morgan fingerprint density at radius 2 is 1.05 bits per heavy atom. The maximum Gasteiger partial charge on any atom is 0.174 e. The molecule has 2 aliphatic heterocycles. The molecule has 204 valence electrons. The van der Waals surface area contributed by atoms with Crippen molar-refractivity contribution in [3.63, 3.8) is 0 Å². The second kappa shape index (κ2) is 8.94. The van der Waals surface area contributed by atoms with Gasteiger partial charge in [0.1, 0.15) is 0 Å². The van der Waals surface area contributed by atoms with Crippen LogP contribution in [0.2, 0.25) is 0 Å². The minimum absolute atomic E-state index is 0.103. The van der Waals surface area contributed by atoms with Crippen molar-refractivity contribution in [3.05, 3.63) is 131 Å². The van der Waals surface area contributed by atoms with Crippen LogP contribution in [-0.4, -0.2) is 15.0 Å². The number of nitrogens with zero attached hydrogens (tertiary/aromatic N) is 4. The van der Waals surface area contributed by atoms with Crippen molar-refractivity contribution < 1.29 is 0 Å². The minimum Gasteiger partial charge on any atom is -0.308 e. The summed E-state index contributed by atoms with van der Waals surface area (Å²) in [5.74, 6) is 2.06. The van der Waals surface area contributed by atoms with E-state index in [9.17, 15) is 0 Å². The van der Waals surface area contributed by atoms with Gasteiger partial charge in [0, 0.05) is 26.8 Å². The lowest BCUT2D eigenvalue weighted by Gasteiger charge is -2.48. The number of thiophene rings is 1. The molecule has 4 nitrogen and oxygen atoms in total. The van der Waals surface area contributed by atoms with E-state index in [-0.39, 0.29) is 10.8 Å². The summed E-state index contributed by atoms with van der Waals surface area (Å²) in [4.78, 5) is 19.9. The number of aromatic nitrogens is 3. The molecule has 0 fully saturated rings. The van der Waals surface area contributed by atoms with Crippen LogP contribution in [0.1, 0.15) is 49.3 Å². The molecule has 4 heterocycles. The molecule has 2 aromatic heterocycles. The van der Waals surface area contributed by atoms with E-state index in [0.29, 0.717) is 17.5 Å². The summed E-state index contributed by atoms with van der Waals surface area (Å²) in [5, 5.41) is 0. The molecule has 0 radical (unpaired) electrons. The molecule has 0 spiro atoms. The first-order chi connectivity index (χ1) is 20.3. The van der Waals surface area contributed by atoms with Gasteiger partial charge in [0.15, 0.2) is 17.5 Å². The third-order valence-electron chi connectivity index (χ3n) is 8.87. The van der Waals surface area contributed by atoms with Crippen LogP contribution in [0.15, 0.2) is 109 Å². The molecule has 2 aliphatic rings. The number of hydrogen-bond acceptors (Lipinski definition) is 5. The van der Waals surface area contributed by atoms with E-state index in [1.807, 2.05) is 36.4 Å². The Labute approximate surface area is 250 Å². The predicted octanol–water partition coefficient (Wildman–Crippen LogP) is 9.68. The summed E-state index contributed by atoms with van der Waals surface area (Å²) in [6, 6.07) is 38.4. The fraction of sp³-hybridized carbons (Fsp3) is 0.162. The summed E-state index contributed by atoms with van der Waals surface area (Å²) in [6.45, 7) is 9.40. The Morgan fingerprint density at radius 1 is 0.524 bits per heavy atom. The van der Waals surface area contributed by atoms with E-state index in [1.54, 1.807) is 11.3 Å². The summed E-state index contributed by atoms with van der Waals surface area (Å²) in [5.41, 5.74) is 9.50. The van der Waals surface area contributed by atoms with Crippen molar-refractivity contribution in [3.8, 4) is 33.5 Å². The van der Waals surface area contributed by atoms with Gasteiger partial charge in [-0.3, -0.25) is 0 Å². The molecule has 0 amide bonds. The lowest BCUT2D eigenvalue weighted by atomic mass is 9.68. The largest absolute Gasteiger partial charge is 0.308 e. The first kappa shape index (κ1) is 25.1. The second-order valence-corrected chi connectivity index (χ2v) is 13.2. The van der Waals surface area contributed by atoms with Crippen LogP contribution in [0, 0.1) is 0 Å². The van der Waals surface area contributed by atoms with Gasteiger partial charge in [-0.2, -0.15) is 0 Å². The molecule has 0 unspecified atom stereocenters. The normalized spacial score (nSPS) is 15.5. The maximum absolute atomic E-state index is 5.06. The van der Waals surface area contributed by atoms with Crippen molar-refractivity contribution >= 4 is 28.4 Å². The minimum atomic E-state index is -0.181. The van der Waals surface area contributed by atoms with E-state index in [1.165, 1.54) is 38.6 Å². The average molecular weight is 563 g/mol. The van der Waals surface area contributed by atoms with Gasteiger partial charge in [-0.05, 0) is 28.8 Å². The van der Waals surface area contributed by atoms with Gasteiger partial charge in [0.2, 0.25) is 0 Å². The van der Waals surface area contributed by atoms with Crippen LogP contribution in [0.4, 0.5) is 17.1 Å². The monoisotopic (exact) mass is 562 g/mol. The van der Waals surface area contributed by atoms with Gasteiger partial charge in [-0.15, -0.1) is 11.3 Å². The SMILES string of the molecule is CC1(C)c2ccccc2N2c3cc(-c4nc(-c5ccccc5)nc(-c5ccccc5)n4)sc3C(C)(C)c3cccc1c32. The van der Waals surface area contributed by atoms with Crippen molar-refractivity contribution in [2.24, 2.45) is 0 Å². The number of fused-ring (bicyclic) bond motifs is 4. The van der Waals surface area contributed by atoms with Gasteiger partial charge in [0.05, 0.1) is 21.9 Å². The van der Waals surface area contributed by atoms with Crippen LogP contribution < -0.4 is 4.90 Å². The standard InChI is InChI=1S/C37H30N4S/c1-36(2)25-18-11-12-21-28(25)41-29-22-30(42-32(29)37(3,4)27-20-13-19-26(36)31(27)41)35-39-33(23-14-7-5-8-15-23)38-34(40-35)24-16-9-6-10-17-24/h5-22H,1-4H3. The first-order valence-electron chi connectivity index (χ1n) is 14.4. The zero-order chi connectivity index (χ0) is 28.6. The Bertz CT molecular complexity index is 1930. The fourth-order valence-corrected chi connectivity index (χ4v) is 7.85. The summed E-state index contributed by atoms with van der Waals surface area (Å²) < 4.78 is 0. The van der Waals surface area contributed by atoms with E-state index in [4.69, 9.17) is 15.0 Å². The van der Waals surface area contributed by atoms with E-state index < -0.39 is 0 Å². The Hall–Kier alpha value is -4.61. The fourth-order valence-electron chi connectivity index (χ4n) is 6.65. The summed E-state index contributed by atoms with van der Waals surface area (Å²) >= 11 is 1.80. The van der Waals surface area contributed by atoms with E-state index in [2.05, 4.69) is 105 Å². The Morgan fingerprint density at radius 3 is 1.69 bits per heavy atom. The molecule has 0 atom stereocenters. The number of para-hydroxylation sites is 2. The first-order valence-corrected chi connectivity index (χ1v) is 15.2. The number of hydrogen-bond donors (Lipinski definition) is 0. The van der Waals surface area contributed by atoms with Crippen LogP contribution in [0.25, 0.3) is 33.5 Å². The van der Waals surface area contributed by atoms with E-state index >= 15 is 0 Å². The number of benzene rings is 4.